The zero-order valence-electron chi connectivity index (χ0n) is 10.5. The molecule has 0 unspecified atom stereocenters. The molecule has 2 heterocycles. The Hall–Kier alpha value is -1.90. The third kappa shape index (κ3) is 2.46. The molecule has 0 atom stereocenters. The highest BCUT2D eigenvalue weighted by Crippen LogP contribution is 2.21. The second-order valence-corrected chi connectivity index (χ2v) is 4.96. The molecule has 0 saturated carbocycles. The van der Waals surface area contributed by atoms with Crippen LogP contribution in [0.3, 0.4) is 0 Å². The molecule has 2 aromatic rings. The summed E-state index contributed by atoms with van der Waals surface area (Å²) in [5, 5.41) is 18.6. The van der Waals surface area contributed by atoms with Crippen molar-refractivity contribution in [2.24, 2.45) is 0 Å². The standard InChI is InChI=1S/C14H15N3O2/c15-7-11-5-10(6-13-14(11)19-9-16-13)8-17-3-1-12(18)2-4-17/h5-6,9,12,18H,1-4,8H2. The van der Waals surface area contributed by atoms with Crippen molar-refractivity contribution >= 4 is 11.1 Å². The molecule has 5 heteroatoms. The lowest BCUT2D eigenvalue weighted by Crippen LogP contribution is -2.35. The first-order valence-electron chi connectivity index (χ1n) is 6.43. The van der Waals surface area contributed by atoms with Crippen molar-refractivity contribution in [2.45, 2.75) is 25.5 Å². The minimum atomic E-state index is -0.163. The zero-order chi connectivity index (χ0) is 13.2. The second kappa shape index (κ2) is 5.00. The highest BCUT2D eigenvalue weighted by molar-refractivity contribution is 5.79. The summed E-state index contributed by atoms with van der Waals surface area (Å²) in [6, 6.07) is 5.97. The molecule has 1 aromatic heterocycles. The van der Waals surface area contributed by atoms with Gasteiger partial charge in [-0.05, 0) is 30.5 Å². The average molecular weight is 257 g/mol. The van der Waals surface area contributed by atoms with Gasteiger partial charge in [0.25, 0.3) is 0 Å². The predicted octanol–water partition coefficient (Wildman–Crippen LogP) is 1.66. The molecule has 0 amide bonds. The number of likely N-dealkylation sites (tertiary alicyclic amines) is 1. The summed E-state index contributed by atoms with van der Waals surface area (Å²) in [4.78, 5) is 6.40. The smallest absolute Gasteiger partial charge is 0.182 e. The molecule has 0 radical (unpaired) electrons. The van der Waals surface area contributed by atoms with E-state index < -0.39 is 0 Å². The number of aromatic nitrogens is 1. The fraction of sp³-hybridized carbons (Fsp3) is 0.429. The minimum absolute atomic E-state index is 0.163. The topological polar surface area (TPSA) is 73.3 Å². The molecule has 1 aromatic carbocycles. The maximum Gasteiger partial charge on any atom is 0.182 e. The molecule has 0 aliphatic carbocycles. The lowest BCUT2D eigenvalue weighted by molar-refractivity contribution is 0.0792. The van der Waals surface area contributed by atoms with Crippen LogP contribution in [-0.2, 0) is 6.54 Å². The van der Waals surface area contributed by atoms with E-state index in [1.807, 2.05) is 12.1 Å². The second-order valence-electron chi connectivity index (χ2n) is 4.96. The van der Waals surface area contributed by atoms with Gasteiger partial charge in [0.2, 0.25) is 0 Å². The lowest BCUT2D eigenvalue weighted by atomic mass is 10.1. The Labute approximate surface area is 111 Å². The molecule has 3 rings (SSSR count). The van der Waals surface area contributed by atoms with Gasteiger partial charge in [0, 0.05) is 19.6 Å². The minimum Gasteiger partial charge on any atom is -0.442 e. The van der Waals surface area contributed by atoms with Gasteiger partial charge >= 0.3 is 0 Å². The van der Waals surface area contributed by atoms with Crippen LogP contribution in [0.15, 0.2) is 22.9 Å². The van der Waals surface area contributed by atoms with Gasteiger partial charge in [0.05, 0.1) is 11.7 Å². The van der Waals surface area contributed by atoms with Crippen LogP contribution in [0, 0.1) is 11.3 Å². The zero-order valence-corrected chi connectivity index (χ0v) is 10.5. The van der Waals surface area contributed by atoms with Crippen molar-refractivity contribution in [3.05, 3.63) is 29.7 Å². The summed E-state index contributed by atoms with van der Waals surface area (Å²) in [6.07, 6.45) is 2.84. The molecule has 1 aliphatic heterocycles. The van der Waals surface area contributed by atoms with Gasteiger partial charge in [0.15, 0.2) is 12.0 Å². The van der Waals surface area contributed by atoms with Crippen LogP contribution >= 0.6 is 0 Å². The Bertz CT molecular complexity index is 621. The summed E-state index contributed by atoms with van der Waals surface area (Å²) in [5.41, 5.74) is 2.88. The molecule has 5 nitrogen and oxygen atoms in total. The largest absolute Gasteiger partial charge is 0.442 e. The van der Waals surface area contributed by atoms with Crippen molar-refractivity contribution in [3.8, 4) is 6.07 Å². The van der Waals surface area contributed by atoms with Gasteiger partial charge < -0.3 is 9.52 Å². The number of aliphatic hydroxyl groups excluding tert-OH is 1. The molecular weight excluding hydrogens is 242 g/mol. The van der Waals surface area contributed by atoms with E-state index in [9.17, 15) is 5.11 Å². The molecule has 1 fully saturated rings. The summed E-state index contributed by atoms with van der Waals surface area (Å²) in [6.45, 7) is 2.56. The SMILES string of the molecule is N#Cc1cc(CN2CCC(O)CC2)cc2ncoc12. The van der Waals surface area contributed by atoms with Crippen LogP contribution in [0.2, 0.25) is 0 Å². The number of nitriles is 1. The third-order valence-corrected chi connectivity index (χ3v) is 3.58. The Kier molecular flexibility index (Phi) is 3.20. The fourth-order valence-electron chi connectivity index (χ4n) is 2.54. The van der Waals surface area contributed by atoms with E-state index in [2.05, 4.69) is 16.0 Å². The van der Waals surface area contributed by atoms with Gasteiger partial charge in [-0.15, -0.1) is 0 Å². The molecule has 1 saturated heterocycles. The van der Waals surface area contributed by atoms with Crippen molar-refractivity contribution in [1.29, 1.82) is 5.26 Å². The van der Waals surface area contributed by atoms with Gasteiger partial charge in [0.1, 0.15) is 11.6 Å². The number of nitrogens with zero attached hydrogens (tertiary/aromatic N) is 3. The molecule has 0 bridgehead atoms. The van der Waals surface area contributed by atoms with Gasteiger partial charge in [-0.25, -0.2) is 4.98 Å². The number of aliphatic hydroxyl groups is 1. The molecule has 1 N–H and O–H groups in total. The average Bonchev–Trinajstić information content (AvgIpc) is 2.89. The lowest BCUT2D eigenvalue weighted by Gasteiger charge is -2.29. The summed E-state index contributed by atoms with van der Waals surface area (Å²) >= 11 is 0. The van der Waals surface area contributed by atoms with Crippen molar-refractivity contribution in [2.75, 3.05) is 13.1 Å². The van der Waals surface area contributed by atoms with E-state index in [1.165, 1.54) is 6.39 Å². The van der Waals surface area contributed by atoms with Gasteiger partial charge in [-0.2, -0.15) is 5.26 Å². The first-order valence-corrected chi connectivity index (χ1v) is 6.43. The monoisotopic (exact) mass is 257 g/mol. The molecule has 1 aliphatic rings. The first kappa shape index (κ1) is 12.2. The molecule has 98 valence electrons. The Morgan fingerprint density at radius 2 is 2.21 bits per heavy atom. The normalized spacial score (nSPS) is 17.7. The molecular formula is C14H15N3O2. The molecule has 19 heavy (non-hydrogen) atoms. The quantitative estimate of drug-likeness (QED) is 0.885. The van der Waals surface area contributed by atoms with Crippen molar-refractivity contribution in [1.82, 2.24) is 9.88 Å². The Morgan fingerprint density at radius 3 is 2.95 bits per heavy atom. The number of hydrogen-bond donors (Lipinski definition) is 1. The number of oxazole rings is 1. The number of hydrogen-bond acceptors (Lipinski definition) is 5. The number of rotatable bonds is 2. The van der Waals surface area contributed by atoms with Crippen molar-refractivity contribution < 1.29 is 9.52 Å². The summed E-state index contributed by atoms with van der Waals surface area (Å²) < 4.78 is 5.22. The Balaban J connectivity index is 1.83. The van der Waals surface area contributed by atoms with E-state index in [0.717, 1.165) is 43.6 Å². The van der Waals surface area contributed by atoms with Gasteiger partial charge in [-0.3, -0.25) is 4.90 Å². The highest BCUT2D eigenvalue weighted by Gasteiger charge is 2.17. The van der Waals surface area contributed by atoms with E-state index in [1.54, 1.807) is 0 Å². The Morgan fingerprint density at radius 1 is 1.42 bits per heavy atom. The third-order valence-electron chi connectivity index (χ3n) is 3.58. The van der Waals surface area contributed by atoms with Crippen LogP contribution in [-0.4, -0.2) is 34.2 Å². The van der Waals surface area contributed by atoms with Crippen molar-refractivity contribution in [3.63, 3.8) is 0 Å². The van der Waals surface area contributed by atoms with Crippen LogP contribution in [0.1, 0.15) is 24.0 Å². The van der Waals surface area contributed by atoms with E-state index in [4.69, 9.17) is 9.68 Å². The fourth-order valence-corrected chi connectivity index (χ4v) is 2.54. The van der Waals surface area contributed by atoms with E-state index in [-0.39, 0.29) is 6.10 Å². The van der Waals surface area contributed by atoms with E-state index in [0.29, 0.717) is 11.1 Å². The maximum absolute atomic E-state index is 9.50. The maximum atomic E-state index is 9.50. The predicted molar refractivity (Wildman–Crippen MR) is 69.2 cm³/mol. The van der Waals surface area contributed by atoms with Crippen LogP contribution < -0.4 is 0 Å². The van der Waals surface area contributed by atoms with Gasteiger partial charge in [-0.1, -0.05) is 0 Å². The number of fused-ring (bicyclic) bond motifs is 1. The number of piperidine rings is 1. The van der Waals surface area contributed by atoms with Crippen LogP contribution in [0.4, 0.5) is 0 Å². The summed E-state index contributed by atoms with van der Waals surface area (Å²) in [5.74, 6) is 0. The highest BCUT2D eigenvalue weighted by atomic mass is 16.3. The first-order chi connectivity index (χ1) is 9.26. The van der Waals surface area contributed by atoms with Crippen LogP contribution in [0.5, 0.6) is 0 Å². The summed E-state index contributed by atoms with van der Waals surface area (Å²) in [7, 11) is 0. The number of benzene rings is 1. The van der Waals surface area contributed by atoms with E-state index >= 15 is 0 Å². The van der Waals surface area contributed by atoms with Crippen LogP contribution in [0.25, 0.3) is 11.1 Å². The molecule has 0 spiro atoms.